The van der Waals surface area contributed by atoms with E-state index >= 15 is 0 Å². The molecule has 9 nitrogen and oxygen atoms in total. The van der Waals surface area contributed by atoms with E-state index in [-0.39, 0.29) is 39.6 Å². The van der Waals surface area contributed by atoms with Gasteiger partial charge in [0.2, 0.25) is 6.36 Å². The largest absolute Gasteiger partial charge is 0.461 e. The van der Waals surface area contributed by atoms with E-state index in [2.05, 4.69) is 15.4 Å². The highest BCUT2D eigenvalue weighted by Gasteiger charge is 2.45. The van der Waals surface area contributed by atoms with E-state index < -0.39 is 45.1 Å². The van der Waals surface area contributed by atoms with Crippen molar-refractivity contribution in [1.29, 1.82) is 0 Å². The number of nitrogens with one attached hydrogen (secondary N) is 1. The first-order chi connectivity index (χ1) is 16.6. The van der Waals surface area contributed by atoms with Crippen molar-refractivity contribution in [3.8, 4) is 17.0 Å². The molecule has 2 atom stereocenters. The van der Waals surface area contributed by atoms with Crippen LogP contribution in [0.25, 0.3) is 22.3 Å². The summed E-state index contributed by atoms with van der Waals surface area (Å²) in [6.45, 7) is 7.73. The molecule has 0 spiro atoms. The molecule has 1 fully saturated rings. The second kappa shape index (κ2) is 8.77. The topological polar surface area (TPSA) is 123 Å². The van der Waals surface area contributed by atoms with Gasteiger partial charge in [0.1, 0.15) is 22.8 Å². The van der Waals surface area contributed by atoms with Crippen LogP contribution in [-0.4, -0.2) is 63.2 Å². The summed E-state index contributed by atoms with van der Waals surface area (Å²) in [5.74, 6) is -1.38. The fourth-order valence-electron chi connectivity index (χ4n) is 4.21. The van der Waals surface area contributed by atoms with Gasteiger partial charge in [-0.15, -0.1) is 0 Å². The number of aliphatic hydroxyl groups is 1. The molecule has 1 saturated heterocycles. The number of halogens is 2. The van der Waals surface area contributed by atoms with Crippen molar-refractivity contribution in [2.45, 2.75) is 58.2 Å². The molecule has 194 valence electrons. The van der Waals surface area contributed by atoms with Gasteiger partial charge in [-0.25, -0.2) is 17.2 Å². The van der Waals surface area contributed by atoms with Crippen molar-refractivity contribution in [3.63, 3.8) is 0 Å². The number of rotatable bonds is 7. The van der Waals surface area contributed by atoms with Gasteiger partial charge in [0, 0.05) is 18.7 Å². The van der Waals surface area contributed by atoms with Crippen LogP contribution in [-0.2, 0) is 9.84 Å². The highest BCUT2D eigenvalue weighted by molar-refractivity contribution is 7.93. The Morgan fingerprint density at radius 3 is 2.53 bits per heavy atom. The summed E-state index contributed by atoms with van der Waals surface area (Å²) in [6, 6.07) is 4.63. The summed E-state index contributed by atoms with van der Waals surface area (Å²) in [5.41, 5.74) is -1.24. The second-order valence-corrected chi connectivity index (χ2v) is 12.1. The van der Waals surface area contributed by atoms with Crippen LogP contribution in [0.2, 0.25) is 0 Å². The molecule has 2 N–H and O–H groups in total. The maximum atomic E-state index is 14.9. The van der Waals surface area contributed by atoms with Crippen LogP contribution in [0.4, 0.5) is 8.78 Å². The summed E-state index contributed by atoms with van der Waals surface area (Å²) in [6.07, 6.45) is -0.320. The van der Waals surface area contributed by atoms with Gasteiger partial charge >= 0.3 is 0 Å². The molecule has 12 heteroatoms. The highest BCUT2D eigenvalue weighted by Crippen LogP contribution is 2.35. The average molecular weight is 523 g/mol. The van der Waals surface area contributed by atoms with Crippen molar-refractivity contribution in [3.05, 3.63) is 41.8 Å². The van der Waals surface area contributed by atoms with Crippen LogP contribution in [0.5, 0.6) is 5.75 Å². The van der Waals surface area contributed by atoms with E-state index in [9.17, 15) is 27.1 Å². The number of sulfone groups is 1. The molecule has 3 aromatic rings. The third-order valence-corrected chi connectivity index (χ3v) is 8.34. The number of alkyl halides is 1. The number of amides is 1. The van der Waals surface area contributed by atoms with E-state index in [0.29, 0.717) is 5.52 Å². The van der Waals surface area contributed by atoms with E-state index in [1.807, 2.05) is 0 Å². The van der Waals surface area contributed by atoms with Gasteiger partial charge in [0.25, 0.3) is 5.91 Å². The number of hydrogen-bond donors (Lipinski definition) is 2. The number of carbonyl (C=O) groups is 1. The first kappa shape index (κ1) is 26.0. The number of benzene rings is 1. The molecule has 2 aromatic heterocycles. The predicted molar refractivity (Wildman–Crippen MR) is 130 cm³/mol. The summed E-state index contributed by atoms with van der Waals surface area (Å²) in [4.78, 5) is 17.3. The van der Waals surface area contributed by atoms with Gasteiger partial charge in [0.05, 0.1) is 39.8 Å². The number of fused-ring (bicyclic) bond motifs is 1. The first-order valence-corrected chi connectivity index (χ1v) is 13.1. The fraction of sp³-hybridized carbons (Fsp3) is 0.458. The molecule has 1 aliphatic heterocycles. The molecule has 4 rings (SSSR count). The molecule has 0 saturated carbocycles. The summed E-state index contributed by atoms with van der Waals surface area (Å²) in [7, 11) is -3.17. The molecule has 0 bridgehead atoms. The van der Waals surface area contributed by atoms with Crippen molar-refractivity contribution in [1.82, 2.24) is 20.1 Å². The Bertz CT molecular complexity index is 1430. The molecule has 1 amide bonds. The molecular formula is C24H28F2N4O5S. The molecule has 1 unspecified atom stereocenters. The first-order valence-electron chi connectivity index (χ1n) is 11.3. The van der Waals surface area contributed by atoms with E-state index in [0.717, 1.165) is 6.07 Å². The molecule has 36 heavy (non-hydrogen) atoms. The van der Waals surface area contributed by atoms with Gasteiger partial charge in [-0.1, -0.05) is 0 Å². The maximum absolute atomic E-state index is 14.9. The van der Waals surface area contributed by atoms with E-state index in [4.69, 9.17) is 4.74 Å². The van der Waals surface area contributed by atoms with E-state index in [1.165, 1.54) is 36.0 Å². The Labute approximate surface area is 207 Å². The molecular weight excluding hydrogens is 494 g/mol. The molecule has 1 aliphatic rings. The normalized spacial score (nSPS) is 18.3. The van der Waals surface area contributed by atoms with Crippen LogP contribution < -0.4 is 10.1 Å². The van der Waals surface area contributed by atoms with Crippen molar-refractivity contribution in [2.75, 3.05) is 11.5 Å². The van der Waals surface area contributed by atoms with Crippen molar-refractivity contribution < 1.29 is 31.8 Å². The molecule has 1 aromatic carbocycles. The SMILES string of the molecule is CC(F)Oc1ccc(F)c(-c2nn([C@H](C)C(C)(C)O)c3cc(C(=O)NC4(C)CS(=O)(=O)C4)cnc23)c1. The number of carbonyl (C=O) groups excluding carboxylic acids is 1. The smallest absolute Gasteiger partial charge is 0.253 e. The third kappa shape index (κ3) is 5.05. The Morgan fingerprint density at radius 1 is 1.28 bits per heavy atom. The zero-order valence-corrected chi connectivity index (χ0v) is 21.4. The Hall–Kier alpha value is -3.12. The summed E-state index contributed by atoms with van der Waals surface area (Å²) in [5, 5.41) is 17.9. The van der Waals surface area contributed by atoms with Crippen molar-refractivity contribution in [2.24, 2.45) is 0 Å². The molecule has 0 aliphatic carbocycles. The quantitative estimate of drug-likeness (QED) is 0.489. The minimum absolute atomic E-state index is 0.0109. The number of nitrogens with zero attached hydrogens (tertiary/aromatic N) is 3. The van der Waals surface area contributed by atoms with Crippen LogP contribution in [0.1, 0.15) is 51.0 Å². The van der Waals surface area contributed by atoms with Gasteiger partial charge in [0.15, 0.2) is 9.84 Å². The minimum atomic E-state index is -3.17. The average Bonchev–Trinajstić information content (AvgIpc) is 3.10. The van der Waals surface area contributed by atoms with Gasteiger partial charge in [-0.05, 0) is 52.0 Å². The molecule has 0 radical (unpaired) electrons. The third-order valence-electron chi connectivity index (χ3n) is 6.18. The Balaban J connectivity index is 1.82. The molecule has 3 heterocycles. The van der Waals surface area contributed by atoms with Crippen LogP contribution in [0, 0.1) is 5.82 Å². The lowest BCUT2D eigenvalue weighted by Gasteiger charge is -2.38. The lowest BCUT2D eigenvalue weighted by atomic mass is 10.0. The van der Waals surface area contributed by atoms with Crippen LogP contribution >= 0.6 is 0 Å². The Morgan fingerprint density at radius 2 is 1.94 bits per heavy atom. The number of ether oxygens (including phenoxy) is 1. The fourth-order valence-corrected chi connectivity index (χ4v) is 6.21. The maximum Gasteiger partial charge on any atom is 0.253 e. The lowest BCUT2D eigenvalue weighted by Crippen LogP contribution is -2.63. The van der Waals surface area contributed by atoms with Gasteiger partial charge in [-0.2, -0.15) is 5.10 Å². The standard InChI is InChI=1S/C24H28F2N4O5S/c1-13(23(3,4)32)30-19-8-15(22(31)28-24(5)11-36(33,34)12-24)10-27-21(19)20(29-30)17-9-16(35-14(2)25)6-7-18(17)26/h6-10,13-14,32H,11-12H2,1-5H3,(H,28,31)/t13-,14?/m1/s1. The lowest BCUT2D eigenvalue weighted by molar-refractivity contribution is 0.0276. The summed E-state index contributed by atoms with van der Waals surface area (Å²) < 4.78 is 58.0. The highest BCUT2D eigenvalue weighted by atomic mass is 32.2. The van der Waals surface area contributed by atoms with E-state index in [1.54, 1.807) is 27.7 Å². The van der Waals surface area contributed by atoms with Gasteiger partial charge in [-0.3, -0.25) is 14.5 Å². The van der Waals surface area contributed by atoms with Crippen LogP contribution in [0.3, 0.4) is 0 Å². The van der Waals surface area contributed by atoms with Crippen molar-refractivity contribution >= 4 is 26.8 Å². The minimum Gasteiger partial charge on any atom is -0.461 e. The zero-order valence-electron chi connectivity index (χ0n) is 20.5. The number of hydrogen-bond acceptors (Lipinski definition) is 7. The van der Waals surface area contributed by atoms with Gasteiger partial charge < -0.3 is 15.2 Å². The number of aromatic nitrogens is 3. The predicted octanol–water partition coefficient (Wildman–Crippen LogP) is 3.18. The Kier molecular flexibility index (Phi) is 6.32. The number of pyridine rings is 1. The summed E-state index contributed by atoms with van der Waals surface area (Å²) >= 11 is 0. The second-order valence-electron chi connectivity index (χ2n) is 10.1. The zero-order chi connectivity index (χ0) is 26.6. The van der Waals surface area contributed by atoms with Crippen LogP contribution in [0.15, 0.2) is 30.5 Å². The monoisotopic (exact) mass is 522 g/mol.